The Hall–Kier alpha value is -2.14. The van der Waals surface area contributed by atoms with Crippen LogP contribution in [0.5, 0.6) is 0 Å². The van der Waals surface area contributed by atoms with Gasteiger partial charge in [0.05, 0.1) is 12.4 Å². The number of benzene rings is 1. The molecule has 0 spiro atoms. The van der Waals surface area contributed by atoms with Crippen molar-refractivity contribution in [2.24, 2.45) is 11.7 Å². The first kappa shape index (κ1) is 15.3. The second-order valence-electron chi connectivity index (χ2n) is 5.34. The highest BCUT2D eigenvalue weighted by Gasteiger charge is 2.19. The fourth-order valence-corrected chi connectivity index (χ4v) is 2.08. The van der Waals surface area contributed by atoms with E-state index < -0.39 is 6.04 Å². The zero-order valence-corrected chi connectivity index (χ0v) is 12.5. The molecular weight excluding hydrogens is 264 g/mol. The van der Waals surface area contributed by atoms with Gasteiger partial charge in [-0.05, 0) is 23.6 Å². The Morgan fingerprint density at radius 2 is 2.29 bits per heavy atom. The average Bonchev–Trinajstić information content (AvgIpc) is 2.98. The SMILES string of the molecule is CCC(C)C(N)C(=O)Nc1cccc(Cn2ccnc2)c1. The number of carbonyl (C=O) groups excluding carboxylic acids is 1. The number of nitrogens with one attached hydrogen (secondary N) is 1. The van der Waals surface area contributed by atoms with Gasteiger partial charge in [0.1, 0.15) is 0 Å². The van der Waals surface area contributed by atoms with E-state index in [9.17, 15) is 4.79 Å². The smallest absolute Gasteiger partial charge is 0.241 e. The minimum Gasteiger partial charge on any atom is -0.333 e. The van der Waals surface area contributed by atoms with Crippen molar-refractivity contribution in [3.8, 4) is 0 Å². The van der Waals surface area contributed by atoms with E-state index in [1.807, 2.05) is 48.9 Å². The van der Waals surface area contributed by atoms with Crippen LogP contribution in [0.15, 0.2) is 43.0 Å². The predicted molar refractivity (Wildman–Crippen MR) is 83.8 cm³/mol. The van der Waals surface area contributed by atoms with Crippen molar-refractivity contribution in [1.82, 2.24) is 9.55 Å². The van der Waals surface area contributed by atoms with Crippen molar-refractivity contribution in [2.75, 3.05) is 5.32 Å². The molecule has 1 heterocycles. The van der Waals surface area contributed by atoms with Crippen LogP contribution in [0.3, 0.4) is 0 Å². The second kappa shape index (κ2) is 7.04. The molecule has 5 nitrogen and oxygen atoms in total. The molecule has 0 aliphatic rings. The molecule has 1 amide bonds. The number of rotatable bonds is 6. The van der Waals surface area contributed by atoms with Crippen LogP contribution in [-0.4, -0.2) is 21.5 Å². The Morgan fingerprint density at radius 3 is 2.95 bits per heavy atom. The molecule has 0 aliphatic carbocycles. The summed E-state index contributed by atoms with van der Waals surface area (Å²) in [6.07, 6.45) is 6.31. The number of carbonyl (C=O) groups is 1. The number of amides is 1. The van der Waals surface area contributed by atoms with Gasteiger partial charge in [0.15, 0.2) is 0 Å². The summed E-state index contributed by atoms with van der Waals surface area (Å²) < 4.78 is 1.98. The number of nitrogens with two attached hydrogens (primary N) is 1. The average molecular weight is 286 g/mol. The standard InChI is InChI=1S/C16H22N4O/c1-3-12(2)15(17)16(21)19-14-6-4-5-13(9-14)10-20-8-7-18-11-20/h4-9,11-12,15H,3,10,17H2,1-2H3,(H,19,21). The van der Waals surface area contributed by atoms with E-state index in [2.05, 4.69) is 10.3 Å². The van der Waals surface area contributed by atoms with Gasteiger partial charge in [0.25, 0.3) is 0 Å². The first-order chi connectivity index (χ1) is 10.1. The van der Waals surface area contributed by atoms with Gasteiger partial charge in [-0.1, -0.05) is 32.4 Å². The van der Waals surface area contributed by atoms with Crippen LogP contribution in [-0.2, 0) is 11.3 Å². The molecule has 2 unspecified atom stereocenters. The van der Waals surface area contributed by atoms with Crippen LogP contribution >= 0.6 is 0 Å². The number of imidazole rings is 1. The minimum atomic E-state index is -0.479. The highest BCUT2D eigenvalue weighted by atomic mass is 16.2. The molecule has 112 valence electrons. The molecule has 0 fully saturated rings. The molecular formula is C16H22N4O. The molecule has 0 bridgehead atoms. The summed E-state index contributed by atoms with van der Waals surface area (Å²) in [5.41, 5.74) is 7.82. The number of hydrogen-bond acceptors (Lipinski definition) is 3. The maximum atomic E-state index is 12.1. The summed E-state index contributed by atoms with van der Waals surface area (Å²) in [7, 11) is 0. The van der Waals surface area contributed by atoms with E-state index in [0.717, 1.165) is 24.2 Å². The van der Waals surface area contributed by atoms with Crippen LogP contribution in [0.1, 0.15) is 25.8 Å². The van der Waals surface area contributed by atoms with E-state index >= 15 is 0 Å². The van der Waals surface area contributed by atoms with E-state index in [-0.39, 0.29) is 11.8 Å². The molecule has 0 saturated carbocycles. The van der Waals surface area contributed by atoms with Gasteiger partial charge in [0.2, 0.25) is 5.91 Å². The van der Waals surface area contributed by atoms with Crippen molar-refractivity contribution in [2.45, 2.75) is 32.9 Å². The van der Waals surface area contributed by atoms with Crippen LogP contribution in [0, 0.1) is 5.92 Å². The minimum absolute atomic E-state index is 0.135. The third-order valence-electron chi connectivity index (χ3n) is 3.68. The van der Waals surface area contributed by atoms with E-state index in [0.29, 0.717) is 0 Å². The molecule has 1 aromatic heterocycles. The maximum absolute atomic E-state index is 12.1. The topological polar surface area (TPSA) is 72.9 Å². The lowest BCUT2D eigenvalue weighted by Crippen LogP contribution is -2.40. The highest BCUT2D eigenvalue weighted by Crippen LogP contribution is 2.14. The summed E-state index contributed by atoms with van der Waals surface area (Å²) in [6, 6.07) is 7.30. The van der Waals surface area contributed by atoms with E-state index in [4.69, 9.17) is 5.73 Å². The highest BCUT2D eigenvalue weighted by molar-refractivity contribution is 5.94. The van der Waals surface area contributed by atoms with Crippen molar-refractivity contribution in [3.63, 3.8) is 0 Å². The molecule has 2 aromatic rings. The van der Waals surface area contributed by atoms with Gasteiger partial charge >= 0.3 is 0 Å². The Balaban J connectivity index is 2.02. The van der Waals surface area contributed by atoms with Crippen molar-refractivity contribution < 1.29 is 4.79 Å². The summed E-state index contributed by atoms with van der Waals surface area (Å²) in [5.74, 6) is 0.0308. The summed E-state index contributed by atoms with van der Waals surface area (Å²) >= 11 is 0. The summed E-state index contributed by atoms with van der Waals surface area (Å²) in [6.45, 7) is 4.74. The predicted octanol–water partition coefficient (Wildman–Crippen LogP) is 2.24. The first-order valence-electron chi connectivity index (χ1n) is 7.21. The molecule has 2 rings (SSSR count). The molecule has 0 radical (unpaired) electrons. The van der Waals surface area contributed by atoms with Gasteiger partial charge in [-0.15, -0.1) is 0 Å². The van der Waals surface area contributed by atoms with Gasteiger partial charge in [-0.3, -0.25) is 4.79 Å². The third-order valence-corrected chi connectivity index (χ3v) is 3.68. The van der Waals surface area contributed by atoms with Crippen LogP contribution in [0.25, 0.3) is 0 Å². The molecule has 2 atom stereocenters. The van der Waals surface area contributed by atoms with Gasteiger partial charge in [-0.25, -0.2) is 4.98 Å². The Bertz CT molecular complexity index is 580. The Kier molecular flexibility index (Phi) is 5.11. The number of hydrogen-bond donors (Lipinski definition) is 2. The third kappa shape index (κ3) is 4.16. The maximum Gasteiger partial charge on any atom is 0.241 e. The molecule has 0 saturated heterocycles. The van der Waals surface area contributed by atoms with Crippen molar-refractivity contribution in [3.05, 3.63) is 48.5 Å². The lowest BCUT2D eigenvalue weighted by Gasteiger charge is -2.18. The second-order valence-corrected chi connectivity index (χ2v) is 5.34. The Labute approximate surface area is 125 Å². The van der Waals surface area contributed by atoms with Crippen molar-refractivity contribution in [1.29, 1.82) is 0 Å². The lowest BCUT2D eigenvalue weighted by atomic mass is 9.99. The fraction of sp³-hybridized carbons (Fsp3) is 0.375. The zero-order chi connectivity index (χ0) is 15.2. The molecule has 1 aromatic carbocycles. The molecule has 5 heteroatoms. The summed E-state index contributed by atoms with van der Waals surface area (Å²) in [5, 5.41) is 2.89. The fourth-order valence-electron chi connectivity index (χ4n) is 2.08. The lowest BCUT2D eigenvalue weighted by molar-refractivity contribution is -0.118. The van der Waals surface area contributed by atoms with Gasteiger partial charge < -0.3 is 15.6 Å². The molecule has 21 heavy (non-hydrogen) atoms. The molecule has 0 aliphatic heterocycles. The number of anilines is 1. The van der Waals surface area contributed by atoms with Gasteiger partial charge in [0, 0.05) is 24.6 Å². The quantitative estimate of drug-likeness (QED) is 0.855. The van der Waals surface area contributed by atoms with E-state index in [1.165, 1.54) is 0 Å². The number of aromatic nitrogens is 2. The first-order valence-corrected chi connectivity index (χ1v) is 7.21. The largest absolute Gasteiger partial charge is 0.333 e. The van der Waals surface area contributed by atoms with Crippen molar-refractivity contribution >= 4 is 11.6 Å². The monoisotopic (exact) mass is 286 g/mol. The normalized spacial score (nSPS) is 13.7. The summed E-state index contributed by atoms with van der Waals surface area (Å²) in [4.78, 5) is 16.1. The van der Waals surface area contributed by atoms with Crippen LogP contribution < -0.4 is 11.1 Å². The Morgan fingerprint density at radius 1 is 1.48 bits per heavy atom. The van der Waals surface area contributed by atoms with Crippen LogP contribution in [0.4, 0.5) is 5.69 Å². The van der Waals surface area contributed by atoms with Gasteiger partial charge in [-0.2, -0.15) is 0 Å². The molecule has 3 N–H and O–H groups in total. The van der Waals surface area contributed by atoms with Crippen LogP contribution in [0.2, 0.25) is 0 Å². The number of nitrogens with zero attached hydrogens (tertiary/aromatic N) is 2. The van der Waals surface area contributed by atoms with E-state index in [1.54, 1.807) is 12.5 Å². The zero-order valence-electron chi connectivity index (χ0n) is 12.5.